The largest absolute Gasteiger partial charge is 0.320 e. The molecule has 0 bridgehead atoms. The third-order valence-electron chi connectivity index (χ3n) is 5.08. The molecule has 0 radical (unpaired) electrons. The smallest absolute Gasteiger partial charge is 0.0650 e. The molecule has 2 aromatic heterocycles. The molecule has 1 aromatic carbocycles. The van der Waals surface area contributed by atoms with Crippen molar-refractivity contribution < 1.29 is 0 Å². The Labute approximate surface area is 143 Å². The minimum atomic E-state index is 1.03. The van der Waals surface area contributed by atoms with Gasteiger partial charge in [-0.1, -0.05) is 11.6 Å². The van der Waals surface area contributed by atoms with E-state index in [4.69, 9.17) is 0 Å². The molecule has 0 unspecified atom stereocenters. The second kappa shape index (κ2) is 5.64. The highest BCUT2D eigenvalue weighted by Crippen LogP contribution is 2.32. The summed E-state index contributed by atoms with van der Waals surface area (Å²) in [6.07, 6.45) is 5.22. The lowest BCUT2D eigenvalue weighted by atomic mass is 10.0. The lowest BCUT2D eigenvalue weighted by Gasteiger charge is -2.23. The number of aryl methyl sites for hydroxylation is 2. The van der Waals surface area contributed by atoms with Crippen LogP contribution in [0.15, 0.2) is 30.5 Å². The van der Waals surface area contributed by atoms with Crippen molar-refractivity contribution in [2.24, 2.45) is 7.05 Å². The molecular weight excluding hydrogens is 296 g/mol. The quantitative estimate of drug-likeness (QED) is 0.720. The van der Waals surface area contributed by atoms with Crippen LogP contribution in [0.2, 0.25) is 0 Å². The predicted molar refractivity (Wildman–Crippen MR) is 99.8 cm³/mol. The maximum atomic E-state index is 4.30. The fourth-order valence-corrected chi connectivity index (χ4v) is 3.81. The topological polar surface area (TPSA) is 26.0 Å². The number of likely N-dealkylation sites (N-methyl/N-ethyl adjacent to an activating group) is 1. The summed E-state index contributed by atoms with van der Waals surface area (Å²) in [5, 5.41) is 5.69. The average Bonchev–Trinajstić information content (AvgIpc) is 3.10. The van der Waals surface area contributed by atoms with Gasteiger partial charge < -0.3 is 9.47 Å². The van der Waals surface area contributed by atoms with Crippen LogP contribution < -0.4 is 0 Å². The first kappa shape index (κ1) is 15.2. The molecule has 0 atom stereocenters. The summed E-state index contributed by atoms with van der Waals surface area (Å²) in [5.74, 6) is 0. The molecule has 1 aliphatic rings. The highest BCUT2D eigenvalue weighted by atomic mass is 15.3. The van der Waals surface area contributed by atoms with Gasteiger partial charge in [-0.2, -0.15) is 5.10 Å². The van der Waals surface area contributed by atoms with Gasteiger partial charge in [0.2, 0.25) is 0 Å². The molecule has 0 spiro atoms. The lowest BCUT2D eigenvalue weighted by molar-refractivity contribution is 0.312. The number of benzene rings is 1. The van der Waals surface area contributed by atoms with Crippen LogP contribution in [0.4, 0.5) is 0 Å². The second-order valence-corrected chi connectivity index (χ2v) is 6.96. The molecule has 3 aromatic rings. The zero-order valence-electron chi connectivity index (χ0n) is 14.9. The van der Waals surface area contributed by atoms with Gasteiger partial charge in [-0.15, -0.1) is 0 Å². The first-order valence-corrected chi connectivity index (χ1v) is 8.52. The third kappa shape index (κ3) is 2.38. The van der Waals surface area contributed by atoms with Crippen molar-refractivity contribution >= 4 is 22.7 Å². The molecule has 4 heteroatoms. The van der Waals surface area contributed by atoms with Gasteiger partial charge in [0.25, 0.3) is 0 Å². The molecule has 24 heavy (non-hydrogen) atoms. The third-order valence-corrected chi connectivity index (χ3v) is 5.08. The first-order chi connectivity index (χ1) is 11.5. The standard InChI is InChI=1S/C20H24N4/c1-14-5-6-19-16(11-14)17-13-22(3)10-8-20(17)24(19)12-15(2)18-7-9-21-23(18)4/h5-7,9,11-12H,8,10,13H2,1-4H3/b15-12+. The van der Waals surface area contributed by atoms with E-state index in [0.717, 1.165) is 25.2 Å². The van der Waals surface area contributed by atoms with Gasteiger partial charge in [0.15, 0.2) is 0 Å². The van der Waals surface area contributed by atoms with Gasteiger partial charge in [0, 0.05) is 50.0 Å². The molecule has 0 amide bonds. The number of hydrogen-bond donors (Lipinski definition) is 0. The highest BCUT2D eigenvalue weighted by Gasteiger charge is 2.22. The van der Waals surface area contributed by atoms with E-state index in [1.807, 2.05) is 17.9 Å². The highest BCUT2D eigenvalue weighted by molar-refractivity contribution is 5.90. The first-order valence-electron chi connectivity index (χ1n) is 8.52. The Kier molecular flexibility index (Phi) is 3.57. The number of hydrogen-bond acceptors (Lipinski definition) is 2. The molecule has 0 saturated carbocycles. The van der Waals surface area contributed by atoms with Crippen LogP contribution in [0.5, 0.6) is 0 Å². The Morgan fingerprint density at radius 1 is 1.21 bits per heavy atom. The van der Waals surface area contributed by atoms with E-state index in [1.165, 1.54) is 33.3 Å². The fraction of sp³-hybridized carbons (Fsp3) is 0.350. The van der Waals surface area contributed by atoms with E-state index < -0.39 is 0 Å². The molecular formula is C20H24N4. The molecule has 0 N–H and O–H groups in total. The van der Waals surface area contributed by atoms with E-state index in [2.05, 4.69) is 65.9 Å². The van der Waals surface area contributed by atoms with Crippen molar-refractivity contribution in [1.29, 1.82) is 0 Å². The van der Waals surface area contributed by atoms with Crippen LogP contribution in [0.25, 0.3) is 22.7 Å². The molecule has 4 rings (SSSR count). The van der Waals surface area contributed by atoms with Crippen LogP contribution in [-0.4, -0.2) is 32.8 Å². The van der Waals surface area contributed by atoms with Gasteiger partial charge >= 0.3 is 0 Å². The van der Waals surface area contributed by atoms with Gasteiger partial charge in [-0.05, 0) is 50.2 Å². The second-order valence-electron chi connectivity index (χ2n) is 6.96. The maximum absolute atomic E-state index is 4.30. The van der Waals surface area contributed by atoms with Gasteiger partial charge in [0.05, 0.1) is 11.2 Å². The molecule has 4 nitrogen and oxygen atoms in total. The summed E-state index contributed by atoms with van der Waals surface area (Å²) in [4.78, 5) is 2.41. The van der Waals surface area contributed by atoms with Crippen molar-refractivity contribution in [3.8, 4) is 0 Å². The molecule has 3 heterocycles. The van der Waals surface area contributed by atoms with E-state index in [9.17, 15) is 0 Å². The van der Waals surface area contributed by atoms with Crippen LogP contribution in [-0.2, 0) is 20.0 Å². The maximum Gasteiger partial charge on any atom is 0.0650 e. The van der Waals surface area contributed by atoms with Crippen LogP contribution in [0, 0.1) is 6.92 Å². The van der Waals surface area contributed by atoms with E-state index >= 15 is 0 Å². The van der Waals surface area contributed by atoms with E-state index in [0.29, 0.717) is 0 Å². The van der Waals surface area contributed by atoms with Crippen molar-refractivity contribution in [2.45, 2.75) is 26.8 Å². The number of aromatic nitrogens is 3. The van der Waals surface area contributed by atoms with Crippen LogP contribution in [0.1, 0.15) is 29.4 Å². The van der Waals surface area contributed by atoms with Crippen molar-refractivity contribution in [3.63, 3.8) is 0 Å². The Morgan fingerprint density at radius 2 is 2.04 bits per heavy atom. The zero-order valence-corrected chi connectivity index (χ0v) is 14.9. The Hall–Kier alpha value is -2.33. The van der Waals surface area contributed by atoms with Gasteiger partial charge in [0.1, 0.15) is 0 Å². The van der Waals surface area contributed by atoms with Crippen molar-refractivity contribution in [1.82, 2.24) is 19.2 Å². The number of fused-ring (bicyclic) bond motifs is 3. The van der Waals surface area contributed by atoms with Crippen LogP contribution in [0.3, 0.4) is 0 Å². The molecule has 1 aliphatic heterocycles. The number of nitrogens with zero attached hydrogens (tertiary/aromatic N) is 4. The Morgan fingerprint density at radius 3 is 2.79 bits per heavy atom. The van der Waals surface area contributed by atoms with Crippen molar-refractivity contribution in [2.75, 3.05) is 13.6 Å². The molecule has 0 saturated heterocycles. The molecule has 0 fully saturated rings. The minimum Gasteiger partial charge on any atom is -0.320 e. The average molecular weight is 320 g/mol. The summed E-state index contributed by atoms with van der Waals surface area (Å²) in [6.45, 7) is 6.48. The SMILES string of the molecule is C/C(=C\n1c2c(c3cc(C)ccc31)CN(C)CC2)c1ccnn1C. The van der Waals surface area contributed by atoms with Crippen molar-refractivity contribution in [3.05, 3.63) is 53.0 Å². The summed E-state index contributed by atoms with van der Waals surface area (Å²) in [6, 6.07) is 8.87. The predicted octanol–water partition coefficient (Wildman–Crippen LogP) is 3.69. The van der Waals surface area contributed by atoms with E-state index in [-0.39, 0.29) is 0 Å². The summed E-state index contributed by atoms with van der Waals surface area (Å²) < 4.78 is 4.33. The number of rotatable bonds is 2. The van der Waals surface area contributed by atoms with E-state index in [1.54, 1.807) is 0 Å². The summed E-state index contributed by atoms with van der Waals surface area (Å²) in [5.41, 5.74) is 7.96. The normalized spacial score (nSPS) is 15.9. The molecule has 0 aliphatic carbocycles. The Bertz CT molecular complexity index is 942. The monoisotopic (exact) mass is 320 g/mol. The zero-order chi connectivity index (χ0) is 16.8. The van der Waals surface area contributed by atoms with Gasteiger partial charge in [-0.3, -0.25) is 4.68 Å². The fourth-order valence-electron chi connectivity index (χ4n) is 3.81. The summed E-state index contributed by atoms with van der Waals surface area (Å²) >= 11 is 0. The molecule has 124 valence electrons. The lowest BCUT2D eigenvalue weighted by Crippen LogP contribution is -2.26. The number of allylic oxidation sites excluding steroid dienone is 1. The minimum absolute atomic E-state index is 1.03. The summed E-state index contributed by atoms with van der Waals surface area (Å²) in [7, 11) is 4.20. The van der Waals surface area contributed by atoms with Crippen LogP contribution >= 0.6 is 0 Å². The van der Waals surface area contributed by atoms with Gasteiger partial charge in [-0.25, -0.2) is 0 Å². The Balaban J connectivity index is 1.94.